The van der Waals surface area contributed by atoms with Crippen LogP contribution in [0.25, 0.3) is 21.9 Å². The molecular formula is C21H16N2O2S. The zero-order chi connectivity index (χ0) is 17.9. The van der Waals surface area contributed by atoms with Gasteiger partial charge < -0.3 is 4.74 Å². The summed E-state index contributed by atoms with van der Waals surface area (Å²) in [5.74, 6) is 0.299. The summed E-state index contributed by atoms with van der Waals surface area (Å²) in [5.41, 5.74) is 2.64. The summed E-state index contributed by atoms with van der Waals surface area (Å²) in [4.78, 5) is 17.0. The lowest BCUT2D eigenvalue weighted by Gasteiger charge is -2.12. The highest BCUT2D eigenvalue weighted by Crippen LogP contribution is 2.37. The smallest absolute Gasteiger partial charge is 0.309 e. The number of fused-ring (bicyclic) bond motifs is 1. The molecule has 0 unspecified atom stereocenters. The van der Waals surface area contributed by atoms with Crippen molar-refractivity contribution >= 4 is 28.5 Å². The molecule has 0 saturated heterocycles. The second kappa shape index (κ2) is 7.19. The zero-order valence-electron chi connectivity index (χ0n) is 14.0. The number of benzene rings is 2. The fourth-order valence-corrected chi connectivity index (χ4v) is 3.71. The number of carbonyl (C=O) groups excluding carboxylic acids is 1. The Kier molecular flexibility index (Phi) is 4.59. The predicted octanol–water partition coefficient (Wildman–Crippen LogP) is 4.78. The molecule has 0 amide bonds. The van der Waals surface area contributed by atoms with Gasteiger partial charge in [0.2, 0.25) is 0 Å². The number of hydrogen-bond acceptors (Lipinski definition) is 5. The van der Waals surface area contributed by atoms with Crippen LogP contribution < -0.4 is 0 Å². The van der Waals surface area contributed by atoms with Crippen molar-refractivity contribution in [2.24, 2.45) is 5.92 Å². The molecule has 1 fully saturated rings. The molecular weight excluding hydrogens is 344 g/mol. The van der Waals surface area contributed by atoms with E-state index in [-0.39, 0.29) is 11.9 Å². The molecule has 26 heavy (non-hydrogen) atoms. The van der Waals surface area contributed by atoms with Gasteiger partial charge in [-0.25, -0.2) is 0 Å². The second-order valence-corrected chi connectivity index (χ2v) is 7.15. The first-order valence-electron chi connectivity index (χ1n) is 8.43. The summed E-state index contributed by atoms with van der Waals surface area (Å²) >= 11 is 1.49. The number of nitriles is 1. The lowest BCUT2D eigenvalue weighted by molar-refractivity contribution is -0.142. The van der Waals surface area contributed by atoms with Gasteiger partial charge >= 0.3 is 5.97 Å². The minimum Gasteiger partial charge on any atom is -0.454 e. The summed E-state index contributed by atoms with van der Waals surface area (Å²) in [6, 6.07) is 15.8. The van der Waals surface area contributed by atoms with E-state index in [1.165, 1.54) is 11.8 Å². The van der Waals surface area contributed by atoms with Gasteiger partial charge in [0, 0.05) is 28.2 Å². The van der Waals surface area contributed by atoms with Crippen molar-refractivity contribution in [2.45, 2.75) is 17.7 Å². The molecule has 0 radical (unpaired) electrons. The Morgan fingerprint density at radius 3 is 2.73 bits per heavy atom. The molecule has 1 saturated carbocycles. The number of carbonyl (C=O) groups is 1. The van der Waals surface area contributed by atoms with E-state index in [4.69, 9.17) is 4.74 Å². The standard InChI is InChI=1S/C21H16N2O2S/c22-11-15-7-8-18(17-4-2-1-3-16(15)17)19-12-23-10-9-20(19)26-13-25-21(24)14-5-6-14/h1-4,7-10,12,14H,5-6,13H2. The molecule has 0 N–H and O–H groups in total. The summed E-state index contributed by atoms with van der Waals surface area (Å²) in [6.07, 6.45) is 5.45. The normalized spacial score (nSPS) is 13.3. The van der Waals surface area contributed by atoms with Gasteiger partial charge in [0.25, 0.3) is 0 Å². The highest BCUT2D eigenvalue weighted by Gasteiger charge is 2.31. The number of aromatic nitrogens is 1. The fourth-order valence-electron chi connectivity index (χ4n) is 2.93. The van der Waals surface area contributed by atoms with Crippen LogP contribution in [0.1, 0.15) is 18.4 Å². The highest BCUT2D eigenvalue weighted by molar-refractivity contribution is 7.99. The van der Waals surface area contributed by atoms with Crippen LogP contribution in [0.15, 0.2) is 59.8 Å². The van der Waals surface area contributed by atoms with Crippen LogP contribution >= 0.6 is 11.8 Å². The number of thioether (sulfide) groups is 1. The maximum Gasteiger partial charge on any atom is 0.309 e. The predicted molar refractivity (Wildman–Crippen MR) is 101 cm³/mol. The van der Waals surface area contributed by atoms with Crippen LogP contribution in [0.5, 0.6) is 0 Å². The van der Waals surface area contributed by atoms with Gasteiger partial charge in [-0.15, -0.1) is 0 Å². The lowest BCUT2D eigenvalue weighted by Crippen LogP contribution is -2.05. The Bertz CT molecular complexity index is 1020. The third-order valence-corrected chi connectivity index (χ3v) is 5.34. The molecule has 1 heterocycles. The van der Waals surface area contributed by atoms with Gasteiger partial charge in [-0.1, -0.05) is 42.1 Å². The SMILES string of the molecule is N#Cc1ccc(-c2cnccc2SCOC(=O)C2CC2)c2ccccc12. The molecule has 1 aromatic heterocycles. The number of ether oxygens (including phenoxy) is 1. The molecule has 0 aliphatic heterocycles. The van der Waals surface area contributed by atoms with E-state index in [2.05, 4.69) is 11.1 Å². The van der Waals surface area contributed by atoms with E-state index in [0.717, 1.165) is 39.6 Å². The first-order chi connectivity index (χ1) is 12.8. The molecule has 4 rings (SSSR count). The largest absolute Gasteiger partial charge is 0.454 e. The topological polar surface area (TPSA) is 63.0 Å². The molecule has 4 nitrogen and oxygen atoms in total. The Hall–Kier alpha value is -2.84. The van der Waals surface area contributed by atoms with E-state index < -0.39 is 0 Å². The summed E-state index contributed by atoms with van der Waals surface area (Å²) in [7, 11) is 0. The van der Waals surface area contributed by atoms with Gasteiger partial charge in [0.1, 0.15) is 5.94 Å². The average Bonchev–Trinajstić information content (AvgIpc) is 3.53. The van der Waals surface area contributed by atoms with E-state index >= 15 is 0 Å². The first-order valence-corrected chi connectivity index (χ1v) is 9.42. The molecule has 128 valence electrons. The Balaban J connectivity index is 1.67. The van der Waals surface area contributed by atoms with Crippen molar-refractivity contribution in [1.82, 2.24) is 4.98 Å². The molecule has 0 spiro atoms. The zero-order valence-corrected chi connectivity index (χ0v) is 14.8. The minimum absolute atomic E-state index is 0.100. The molecule has 0 atom stereocenters. The first kappa shape index (κ1) is 16.6. The summed E-state index contributed by atoms with van der Waals surface area (Å²) in [5, 5.41) is 11.3. The highest BCUT2D eigenvalue weighted by atomic mass is 32.2. The van der Waals surface area contributed by atoms with E-state index in [1.807, 2.05) is 48.7 Å². The molecule has 3 aromatic rings. The van der Waals surface area contributed by atoms with Gasteiger partial charge in [-0.2, -0.15) is 5.26 Å². The monoisotopic (exact) mass is 360 g/mol. The van der Waals surface area contributed by atoms with Crippen molar-refractivity contribution in [2.75, 3.05) is 5.94 Å². The number of hydrogen-bond donors (Lipinski definition) is 0. The van der Waals surface area contributed by atoms with Crippen LogP contribution in [0.3, 0.4) is 0 Å². The third-order valence-electron chi connectivity index (χ3n) is 4.44. The molecule has 1 aliphatic carbocycles. The summed E-state index contributed by atoms with van der Waals surface area (Å²) in [6.45, 7) is 0. The molecule has 2 aromatic carbocycles. The number of pyridine rings is 1. The van der Waals surface area contributed by atoms with Gasteiger partial charge in [-0.3, -0.25) is 9.78 Å². The average molecular weight is 360 g/mol. The van der Waals surface area contributed by atoms with Crippen molar-refractivity contribution in [3.05, 3.63) is 60.4 Å². The Morgan fingerprint density at radius 2 is 1.96 bits per heavy atom. The summed E-state index contributed by atoms with van der Waals surface area (Å²) < 4.78 is 5.35. The lowest BCUT2D eigenvalue weighted by atomic mass is 9.96. The Morgan fingerprint density at radius 1 is 1.15 bits per heavy atom. The molecule has 0 bridgehead atoms. The number of rotatable bonds is 5. The quantitative estimate of drug-likeness (QED) is 0.372. The van der Waals surface area contributed by atoms with Crippen LogP contribution in [0, 0.1) is 17.2 Å². The third kappa shape index (κ3) is 3.29. The maximum absolute atomic E-state index is 11.7. The molecule has 5 heteroatoms. The van der Waals surface area contributed by atoms with Crippen LogP contribution in [-0.2, 0) is 9.53 Å². The van der Waals surface area contributed by atoms with Gasteiger partial charge in [-0.05, 0) is 35.9 Å². The number of nitrogens with zero attached hydrogens (tertiary/aromatic N) is 2. The van der Waals surface area contributed by atoms with Crippen molar-refractivity contribution in [3.8, 4) is 17.2 Å². The van der Waals surface area contributed by atoms with E-state index in [1.54, 1.807) is 6.20 Å². The van der Waals surface area contributed by atoms with Crippen LogP contribution in [0.4, 0.5) is 0 Å². The Labute approximate surface area is 155 Å². The van der Waals surface area contributed by atoms with Crippen LogP contribution in [0.2, 0.25) is 0 Å². The van der Waals surface area contributed by atoms with Crippen molar-refractivity contribution < 1.29 is 9.53 Å². The van der Waals surface area contributed by atoms with Gasteiger partial charge in [0.15, 0.2) is 0 Å². The van der Waals surface area contributed by atoms with Crippen molar-refractivity contribution in [3.63, 3.8) is 0 Å². The minimum atomic E-state index is -0.100. The fraction of sp³-hybridized carbons (Fsp3) is 0.190. The number of esters is 1. The van der Waals surface area contributed by atoms with E-state index in [0.29, 0.717) is 11.5 Å². The van der Waals surface area contributed by atoms with E-state index in [9.17, 15) is 10.1 Å². The van der Waals surface area contributed by atoms with Crippen LogP contribution in [-0.4, -0.2) is 16.9 Å². The molecule has 1 aliphatic rings. The maximum atomic E-state index is 11.7. The second-order valence-electron chi connectivity index (χ2n) is 6.19. The van der Waals surface area contributed by atoms with Gasteiger partial charge in [0.05, 0.1) is 17.6 Å². The van der Waals surface area contributed by atoms with Crippen molar-refractivity contribution in [1.29, 1.82) is 5.26 Å².